The van der Waals surface area contributed by atoms with Gasteiger partial charge in [-0.25, -0.2) is 0 Å². The monoisotopic (exact) mass is 418 g/mol. The highest BCUT2D eigenvalue weighted by atomic mass is 32.2. The van der Waals surface area contributed by atoms with Crippen LogP contribution in [0.25, 0.3) is 0 Å². The van der Waals surface area contributed by atoms with Gasteiger partial charge < -0.3 is 10.6 Å². The molecule has 0 saturated carbocycles. The molecule has 152 valence electrons. The molecule has 0 saturated heterocycles. The van der Waals surface area contributed by atoms with E-state index in [9.17, 15) is 14.4 Å². The Morgan fingerprint density at radius 1 is 0.833 bits per heavy atom. The Morgan fingerprint density at radius 3 is 2.27 bits per heavy atom. The fraction of sp³-hybridized carbons (Fsp3) is 0.125. The van der Waals surface area contributed by atoms with Crippen LogP contribution >= 0.6 is 11.8 Å². The SMILES string of the molecule is CC(=O)c1ccc(NC(=O)CSc2cccc(NC(=O)c3ccccc3C)c2)cc1. The van der Waals surface area contributed by atoms with Gasteiger partial charge in [-0.15, -0.1) is 11.8 Å². The topological polar surface area (TPSA) is 75.3 Å². The molecule has 2 amide bonds. The molecule has 3 aromatic carbocycles. The lowest BCUT2D eigenvalue weighted by atomic mass is 10.1. The maximum atomic E-state index is 12.5. The number of carbonyl (C=O) groups is 3. The first-order chi connectivity index (χ1) is 14.4. The molecule has 5 nitrogen and oxygen atoms in total. The summed E-state index contributed by atoms with van der Waals surface area (Å²) in [5.74, 6) is -0.103. The third-order valence-electron chi connectivity index (χ3n) is 4.43. The van der Waals surface area contributed by atoms with Crippen LogP contribution in [0, 0.1) is 6.92 Å². The van der Waals surface area contributed by atoms with Crippen molar-refractivity contribution in [3.05, 3.63) is 89.5 Å². The van der Waals surface area contributed by atoms with Crippen LogP contribution in [0.2, 0.25) is 0 Å². The van der Waals surface area contributed by atoms with Gasteiger partial charge in [-0.2, -0.15) is 0 Å². The fourth-order valence-corrected chi connectivity index (χ4v) is 3.58. The molecule has 0 aliphatic carbocycles. The van der Waals surface area contributed by atoms with Crippen molar-refractivity contribution in [2.45, 2.75) is 18.7 Å². The molecule has 0 aromatic heterocycles. The molecule has 2 N–H and O–H groups in total. The van der Waals surface area contributed by atoms with E-state index in [4.69, 9.17) is 0 Å². The number of aryl methyl sites for hydroxylation is 1. The Morgan fingerprint density at radius 2 is 1.57 bits per heavy atom. The van der Waals surface area contributed by atoms with Crippen LogP contribution in [0.1, 0.15) is 33.2 Å². The summed E-state index contributed by atoms with van der Waals surface area (Å²) in [5.41, 5.74) is 3.46. The van der Waals surface area contributed by atoms with Gasteiger partial charge in [0, 0.05) is 27.4 Å². The van der Waals surface area contributed by atoms with E-state index < -0.39 is 0 Å². The normalized spacial score (nSPS) is 10.3. The molecule has 0 spiro atoms. The van der Waals surface area contributed by atoms with Crippen LogP contribution in [0.15, 0.2) is 77.7 Å². The van der Waals surface area contributed by atoms with Gasteiger partial charge in [-0.05, 0) is 67.9 Å². The maximum absolute atomic E-state index is 12.5. The molecule has 3 rings (SSSR count). The largest absolute Gasteiger partial charge is 0.325 e. The number of nitrogens with one attached hydrogen (secondary N) is 2. The third-order valence-corrected chi connectivity index (χ3v) is 5.42. The lowest BCUT2D eigenvalue weighted by molar-refractivity contribution is -0.113. The predicted octanol–water partition coefficient (Wildman–Crippen LogP) is 5.18. The predicted molar refractivity (Wildman–Crippen MR) is 121 cm³/mol. The highest BCUT2D eigenvalue weighted by Crippen LogP contribution is 2.23. The first-order valence-corrected chi connectivity index (χ1v) is 10.4. The third kappa shape index (κ3) is 5.81. The molecule has 0 aliphatic rings. The Kier molecular flexibility index (Phi) is 7.03. The van der Waals surface area contributed by atoms with Crippen LogP contribution in [-0.2, 0) is 4.79 Å². The van der Waals surface area contributed by atoms with E-state index in [-0.39, 0.29) is 23.4 Å². The van der Waals surface area contributed by atoms with E-state index in [1.165, 1.54) is 18.7 Å². The number of hydrogen-bond donors (Lipinski definition) is 2. The molecule has 0 radical (unpaired) electrons. The zero-order valence-electron chi connectivity index (χ0n) is 16.8. The van der Waals surface area contributed by atoms with Gasteiger partial charge in [0.05, 0.1) is 5.75 Å². The molecule has 0 aliphatic heterocycles. The van der Waals surface area contributed by atoms with E-state index in [0.717, 1.165) is 10.5 Å². The van der Waals surface area contributed by atoms with E-state index in [2.05, 4.69) is 10.6 Å². The smallest absolute Gasteiger partial charge is 0.255 e. The second-order valence-corrected chi connectivity index (χ2v) is 7.82. The minimum Gasteiger partial charge on any atom is -0.325 e. The van der Waals surface area contributed by atoms with Gasteiger partial charge in [-0.3, -0.25) is 14.4 Å². The molecule has 0 fully saturated rings. The van der Waals surface area contributed by atoms with Crippen molar-refractivity contribution in [2.75, 3.05) is 16.4 Å². The first-order valence-electron chi connectivity index (χ1n) is 9.43. The molecule has 0 bridgehead atoms. The average Bonchev–Trinajstić information content (AvgIpc) is 2.73. The summed E-state index contributed by atoms with van der Waals surface area (Å²) in [6.07, 6.45) is 0. The number of carbonyl (C=O) groups excluding carboxylic acids is 3. The Balaban J connectivity index is 1.56. The highest BCUT2D eigenvalue weighted by molar-refractivity contribution is 8.00. The number of Topliss-reactive ketones (excluding diaryl/α,β-unsaturated/α-hetero) is 1. The van der Waals surface area contributed by atoms with E-state index >= 15 is 0 Å². The highest BCUT2D eigenvalue weighted by Gasteiger charge is 2.10. The van der Waals surface area contributed by atoms with Crippen molar-refractivity contribution < 1.29 is 14.4 Å². The number of rotatable bonds is 7. The maximum Gasteiger partial charge on any atom is 0.255 e. The van der Waals surface area contributed by atoms with Gasteiger partial charge in [0.15, 0.2) is 5.78 Å². The minimum absolute atomic E-state index is 0.0159. The Labute approximate surface area is 179 Å². The van der Waals surface area contributed by atoms with Gasteiger partial charge in [0.2, 0.25) is 5.91 Å². The minimum atomic E-state index is -0.165. The summed E-state index contributed by atoms with van der Waals surface area (Å²) in [5, 5.41) is 5.71. The van der Waals surface area contributed by atoms with Crippen LogP contribution in [0.5, 0.6) is 0 Å². The quantitative estimate of drug-likeness (QED) is 0.409. The second-order valence-electron chi connectivity index (χ2n) is 6.77. The summed E-state index contributed by atoms with van der Waals surface area (Å²) in [7, 11) is 0. The summed E-state index contributed by atoms with van der Waals surface area (Å²) in [6, 6.07) is 21.6. The molecular formula is C24H22N2O3S. The Hall–Kier alpha value is -3.38. The summed E-state index contributed by atoms with van der Waals surface area (Å²) in [4.78, 5) is 36.9. The van der Waals surface area contributed by atoms with E-state index in [1.54, 1.807) is 30.3 Å². The summed E-state index contributed by atoms with van der Waals surface area (Å²) < 4.78 is 0. The molecule has 0 unspecified atom stereocenters. The Bertz CT molecular complexity index is 1080. The molecule has 30 heavy (non-hydrogen) atoms. The van der Waals surface area contributed by atoms with Gasteiger partial charge >= 0.3 is 0 Å². The van der Waals surface area contributed by atoms with Crippen molar-refractivity contribution in [3.63, 3.8) is 0 Å². The number of ketones is 1. The molecule has 3 aromatic rings. The standard InChI is InChI=1S/C24H22N2O3S/c1-16-6-3-4-9-22(16)24(29)26-20-7-5-8-21(14-20)30-15-23(28)25-19-12-10-18(11-13-19)17(2)27/h3-14H,15H2,1-2H3,(H,25,28)(H,26,29). The molecule has 0 atom stereocenters. The number of hydrogen-bond acceptors (Lipinski definition) is 4. The van der Waals surface area contributed by atoms with Crippen LogP contribution in [0.4, 0.5) is 11.4 Å². The van der Waals surface area contributed by atoms with E-state index in [0.29, 0.717) is 22.5 Å². The van der Waals surface area contributed by atoms with Gasteiger partial charge in [-0.1, -0.05) is 24.3 Å². The lowest BCUT2D eigenvalue weighted by Gasteiger charge is -2.09. The van der Waals surface area contributed by atoms with Gasteiger partial charge in [0.1, 0.15) is 0 Å². The first kappa shape index (κ1) is 21.3. The number of benzene rings is 3. The number of amides is 2. The van der Waals surface area contributed by atoms with E-state index in [1.807, 2.05) is 49.4 Å². The fourth-order valence-electron chi connectivity index (χ4n) is 2.82. The second kappa shape index (κ2) is 9.89. The van der Waals surface area contributed by atoms with Crippen LogP contribution in [0.3, 0.4) is 0 Å². The number of anilines is 2. The van der Waals surface area contributed by atoms with Crippen molar-refractivity contribution in [2.24, 2.45) is 0 Å². The van der Waals surface area contributed by atoms with Crippen molar-refractivity contribution in [1.29, 1.82) is 0 Å². The van der Waals surface area contributed by atoms with Crippen LogP contribution in [-0.4, -0.2) is 23.4 Å². The number of thioether (sulfide) groups is 1. The van der Waals surface area contributed by atoms with Crippen molar-refractivity contribution in [3.8, 4) is 0 Å². The van der Waals surface area contributed by atoms with Crippen molar-refractivity contribution >= 4 is 40.7 Å². The summed E-state index contributed by atoms with van der Waals surface area (Å²) >= 11 is 1.38. The zero-order chi connectivity index (χ0) is 21.5. The summed E-state index contributed by atoms with van der Waals surface area (Å²) in [6.45, 7) is 3.40. The lowest BCUT2D eigenvalue weighted by Crippen LogP contribution is -2.14. The molecule has 0 heterocycles. The molecular weight excluding hydrogens is 396 g/mol. The molecule has 6 heteroatoms. The average molecular weight is 419 g/mol. The zero-order valence-corrected chi connectivity index (χ0v) is 17.6. The van der Waals surface area contributed by atoms with Crippen molar-refractivity contribution in [1.82, 2.24) is 0 Å². The van der Waals surface area contributed by atoms with Crippen LogP contribution < -0.4 is 10.6 Å². The van der Waals surface area contributed by atoms with Gasteiger partial charge in [0.25, 0.3) is 5.91 Å².